The van der Waals surface area contributed by atoms with Crippen LogP contribution in [0.4, 0.5) is 0 Å². The maximum absolute atomic E-state index is 10.2. The minimum absolute atomic E-state index is 0.357. The van der Waals surface area contributed by atoms with Gasteiger partial charge in [0.05, 0.1) is 5.69 Å². The molecule has 1 atom stereocenters. The minimum atomic E-state index is -0.357. The summed E-state index contributed by atoms with van der Waals surface area (Å²) in [6.45, 7) is 6.10. The third-order valence-corrected chi connectivity index (χ3v) is 4.27. The van der Waals surface area contributed by atoms with Crippen molar-refractivity contribution in [1.82, 2.24) is 10.3 Å². The van der Waals surface area contributed by atoms with Gasteiger partial charge in [-0.2, -0.15) is 0 Å². The Balaban J connectivity index is 2.08. The van der Waals surface area contributed by atoms with Gasteiger partial charge in [-0.05, 0) is 45.7 Å². The number of rotatable bonds is 2. The Morgan fingerprint density at radius 2 is 2.07 bits per heavy atom. The molecule has 84 valence electrons. The number of nitrogens with zero attached hydrogens (tertiary/aromatic N) is 1. The first-order chi connectivity index (χ1) is 7.18. The largest absolute Gasteiger partial charge is 0.386 e. The number of aliphatic hydroxyl groups excluding tert-OH is 1. The number of thiazole rings is 1. The number of piperidine rings is 1. The van der Waals surface area contributed by atoms with Gasteiger partial charge in [-0.3, -0.25) is 0 Å². The van der Waals surface area contributed by atoms with Gasteiger partial charge in [0.1, 0.15) is 11.1 Å². The molecule has 0 spiro atoms. The van der Waals surface area contributed by atoms with Gasteiger partial charge in [-0.25, -0.2) is 4.98 Å². The van der Waals surface area contributed by atoms with Crippen molar-refractivity contribution in [2.75, 3.05) is 13.1 Å². The molecule has 1 unspecified atom stereocenters. The summed E-state index contributed by atoms with van der Waals surface area (Å²) in [5, 5.41) is 14.4. The Labute approximate surface area is 94.5 Å². The SMILES string of the molecule is Cc1nc(C(O)C2CCNCC2)sc1C. The summed E-state index contributed by atoms with van der Waals surface area (Å²) in [4.78, 5) is 5.65. The lowest BCUT2D eigenvalue weighted by Gasteiger charge is -2.25. The number of aromatic nitrogens is 1. The quantitative estimate of drug-likeness (QED) is 0.808. The number of hydrogen-bond acceptors (Lipinski definition) is 4. The van der Waals surface area contributed by atoms with Gasteiger partial charge in [0.2, 0.25) is 0 Å². The third-order valence-electron chi connectivity index (χ3n) is 3.13. The Kier molecular flexibility index (Phi) is 3.38. The second-order valence-electron chi connectivity index (χ2n) is 4.23. The van der Waals surface area contributed by atoms with E-state index in [0.717, 1.165) is 36.6 Å². The molecule has 1 aromatic rings. The summed E-state index contributed by atoms with van der Waals surface area (Å²) in [6.07, 6.45) is 1.75. The molecule has 4 heteroatoms. The van der Waals surface area contributed by atoms with Gasteiger partial charge < -0.3 is 10.4 Å². The summed E-state index contributed by atoms with van der Waals surface area (Å²) in [6, 6.07) is 0. The third kappa shape index (κ3) is 2.38. The number of nitrogens with one attached hydrogen (secondary N) is 1. The molecule has 0 radical (unpaired) electrons. The second-order valence-corrected chi connectivity index (χ2v) is 5.46. The first-order valence-corrected chi connectivity index (χ1v) is 6.33. The fourth-order valence-corrected chi connectivity index (χ4v) is 2.99. The van der Waals surface area contributed by atoms with Crippen molar-refractivity contribution in [3.63, 3.8) is 0 Å². The zero-order valence-electron chi connectivity index (χ0n) is 9.29. The predicted octanol–water partition coefficient (Wildman–Crippen LogP) is 1.79. The lowest BCUT2D eigenvalue weighted by atomic mass is 9.92. The molecule has 1 aromatic heterocycles. The van der Waals surface area contributed by atoms with Gasteiger partial charge in [-0.15, -0.1) is 11.3 Å². The summed E-state index contributed by atoms with van der Waals surface area (Å²) in [5.74, 6) is 0.385. The maximum Gasteiger partial charge on any atom is 0.122 e. The van der Waals surface area contributed by atoms with E-state index in [1.165, 1.54) is 4.88 Å². The van der Waals surface area contributed by atoms with Crippen LogP contribution in [0.1, 0.15) is 34.5 Å². The van der Waals surface area contributed by atoms with Crippen LogP contribution in [0.25, 0.3) is 0 Å². The van der Waals surface area contributed by atoms with Crippen molar-refractivity contribution in [3.05, 3.63) is 15.6 Å². The fraction of sp³-hybridized carbons (Fsp3) is 0.727. The average molecular weight is 226 g/mol. The van der Waals surface area contributed by atoms with E-state index in [4.69, 9.17) is 0 Å². The van der Waals surface area contributed by atoms with Crippen molar-refractivity contribution in [2.24, 2.45) is 5.92 Å². The Morgan fingerprint density at radius 3 is 2.60 bits per heavy atom. The number of aryl methyl sites for hydroxylation is 2. The first kappa shape index (κ1) is 11.0. The molecule has 0 aromatic carbocycles. The van der Waals surface area contributed by atoms with Gasteiger partial charge in [-0.1, -0.05) is 0 Å². The van der Waals surface area contributed by atoms with E-state index in [1.54, 1.807) is 11.3 Å². The molecular weight excluding hydrogens is 208 g/mol. The normalized spacial score (nSPS) is 20.5. The van der Waals surface area contributed by atoms with Crippen LogP contribution in [0.2, 0.25) is 0 Å². The van der Waals surface area contributed by atoms with Crippen LogP contribution in [0.15, 0.2) is 0 Å². The number of hydrogen-bond donors (Lipinski definition) is 2. The van der Waals surface area contributed by atoms with Crippen LogP contribution < -0.4 is 5.32 Å². The molecule has 1 aliphatic rings. The van der Waals surface area contributed by atoms with E-state index in [-0.39, 0.29) is 6.10 Å². The zero-order valence-corrected chi connectivity index (χ0v) is 10.1. The lowest BCUT2D eigenvalue weighted by molar-refractivity contribution is 0.0886. The van der Waals surface area contributed by atoms with E-state index in [2.05, 4.69) is 17.2 Å². The summed E-state index contributed by atoms with van der Waals surface area (Å²) in [5.41, 5.74) is 1.06. The average Bonchev–Trinajstić information content (AvgIpc) is 2.59. The highest BCUT2D eigenvalue weighted by Crippen LogP contribution is 2.32. The maximum atomic E-state index is 10.2. The second kappa shape index (κ2) is 4.60. The molecule has 0 saturated carbocycles. The molecule has 0 bridgehead atoms. The first-order valence-electron chi connectivity index (χ1n) is 5.51. The van der Waals surface area contributed by atoms with Gasteiger partial charge in [0.15, 0.2) is 0 Å². The molecule has 1 aliphatic heterocycles. The van der Waals surface area contributed by atoms with Crippen LogP contribution in [-0.4, -0.2) is 23.2 Å². The Hall–Kier alpha value is -0.450. The monoisotopic (exact) mass is 226 g/mol. The van der Waals surface area contributed by atoms with Crippen molar-refractivity contribution < 1.29 is 5.11 Å². The van der Waals surface area contributed by atoms with Crippen LogP contribution in [0.5, 0.6) is 0 Å². The smallest absolute Gasteiger partial charge is 0.122 e. The molecule has 2 heterocycles. The van der Waals surface area contributed by atoms with E-state index >= 15 is 0 Å². The highest BCUT2D eigenvalue weighted by molar-refractivity contribution is 7.11. The molecule has 2 rings (SSSR count). The van der Waals surface area contributed by atoms with E-state index in [9.17, 15) is 5.11 Å². The summed E-state index contributed by atoms with van der Waals surface area (Å²) in [7, 11) is 0. The minimum Gasteiger partial charge on any atom is -0.386 e. The molecule has 3 nitrogen and oxygen atoms in total. The topological polar surface area (TPSA) is 45.2 Å². The number of aliphatic hydroxyl groups is 1. The molecular formula is C11H18N2OS. The van der Waals surface area contributed by atoms with E-state index < -0.39 is 0 Å². The van der Waals surface area contributed by atoms with E-state index in [0.29, 0.717) is 5.92 Å². The Morgan fingerprint density at radius 1 is 1.40 bits per heavy atom. The van der Waals surface area contributed by atoms with Gasteiger partial charge in [0.25, 0.3) is 0 Å². The standard InChI is InChI=1S/C11H18N2OS/c1-7-8(2)15-11(13-7)10(14)9-3-5-12-6-4-9/h9-10,12,14H,3-6H2,1-2H3. The van der Waals surface area contributed by atoms with Gasteiger partial charge in [0, 0.05) is 4.88 Å². The molecule has 0 amide bonds. The highest BCUT2D eigenvalue weighted by atomic mass is 32.1. The molecule has 0 aliphatic carbocycles. The van der Waals surface area contributed by atoms with Crippen LogP contribution in [0, 0.1) is 19.8 Å². The molecule has 1 fully saturated rings. The summed E-state index contributed by atoms with van der Waals surface area (Å²) < 4.78 is 0. The zero-order chi connectivity index (χ0) is 10.8. The highest BCUT2D eigenvalue weighted by Gasteiger charge is 2.25. The van der Waals surface area contributed by atoms with Crippen molar-refractivity contribution in [1.29, 1.82) is 0 Å². The van der Waals surface area contributed by atoms with Crippen LogP contribution in [-0.2, 0) is 0 Å². The van der Waals surface area contributed by atoms with Crippen LogP contribution in [0.3, 0.4) is 0 Å². The van der Waals surface area contributed by atoms with Crippen molar-refractivity contribution in [2.45, 2.75) is 32.8 Å². The van der Waals surface area contributed by atoms with E-state index in [1.807, 2.05) is 6.92 Å². The molecule has 2 N–H and O–H groups in total. The molecule has 15 heavy (non-hydrogen) atoms. The van der Waals surface area contributed by atoms with Crippen molar-refractivity contribution >= 4 is 11.3 Å². The molecule has 1 saturated heterocycles. The predicted molar refractivity (Wildman–Crippen MR) is 62.1 cm³/mol. The lowest BCUT2D eigenvalue weighted by Crippen LogP contribution is -2.30. The van der Waals surface area contributed by atoms with Gasteiger partial charge >= 0.3 is 0 Å². The fourth-order valence-electron chi connectivity index (χ4n) is 1.99. The van der Waals surface area contributed by atoms with Crippen LogP contribution >= 0.6 is 11.3 Å². The summed E-state index contributed by atoms with van der Waals surface area (Å²) >= 11 is 1.63. The Bertz CT molecular complexity index is 312. The van der Waals surface area contributed by atoms with Crippen molar-refractivity contribution in [3.8, 4) is 0 Å².